The summed E-state index contributed by atoms with van der Waals surface area (Å²) in [4.78, 5) is 16.3. The highest BCUT2D eigenvalue weighted by atomic mass is 32.1. The van der Waals surface area contributed by atoms with Crippen molar-refractivity contribution in [2.75, 3.05) is 0 Å². The lowest BCUT2D eigenvalue weighted by molar-refractivity contribution is -0.266. The van der Waals surface area contributed by atoms with Gasteiger partial charge in [0.25, 0.3) is 5.56 Å². The van der Waals surface area contributed by atoms with Crippen LogP contribution in [0.25, 0.3) is 21.0 Å². The van der Waals surface area contributed by atoms with E-state index in [1.54, 1.807) is 36.4 Å². The van der Waals surface area contributed by atoms with Crippen LogP contribution >= 0.6 is 11.3 Å². The number of nitrogens with zero attached hydrogens (tertiary/aromatic N) is 3. The van der Waals surface area contributed by atoms with Crippen LogP contribution in [0.3, 0.4) is 0 Å². The summed E-state index contributed by atoms with van der Waals surface area (Å²) in [6.07, 6.45) is -5.84. The number of fused-ring (bicyclic) bond motifs is 2. The van der Waals surface area contributed by atoms with Crippen LogP contribution in [0.2, 0.25) is 0 Å². The van der Waals surface area contributed by atoms with E-state index in [-0.39, 0.29) is 16.5 Å². The second kappa shape index (κ2) is 6.39. The van der Waals surface area contributed by atoms with Crippen LogP contribution in [0.15, 0.2) is 53.3 Å². The van der Waals surface area contributed by atoms with Crippen LogP contribution in [-0.2, 0) is 19.1 Å². The molecule has 2 heterocycles. The maximum atomic E-state index is 14.0. The second-order valence-corrected chi connectivity index (χ2v) is 7.47. The van der Waals surface area contributed by atoms with Gasteiger partial charge in [-0.25, -0.2) is 9.67 Å². The molecule has 0 bridgehead atoms. The number of rotatable bonds is 3. The lowest BCUT2D eigenvalue weighted by Crippen LogP contribution is -2.44. The number of thiazole rings is 1. The Kier molecular flexibility index (Phi) is 4.24. The van der Waals surface area contributed by atoms with Gasteiger partial charge >= 0.3 is 6.18 Å². The van der Waals surface area contributed by atoms with Gasteiger partial charge < -0.3 is 5.11 Å². The highest BCUT2D eigenvalue weighted by Crippen LogP contribution is 2.44. The Morgan fingerprint density at radius 3 is 2.39 bits per heavy atom. The van der Waals surface area contributed by atoms with E-state index < -0.39 is 28.8 Å². The molecule has 1 N–H and O–H groups in total. The third-order valence-corrected chi connectivity index (χ3v) is 5.76. The Morgan fingerprint density at radius 1 is 1.07 bits per heavy atom. The molecule has 28 heavy (non-hydrogen) atoms. The molecule has 2 aromatic heterocycles. The normalized spacial score (nSPS) is 14.5. The molecule has 0 radical (unpaired) electrons. The first-order valence-electron chi connectivity index (χ1n) is 8.31. The SMILES string of the molecule is Cn1nc(C[C@](O)(c2nc3ccccc3s2)C(F)(F)F)c2ccccc2c1=O. The zero-order valence-electron chi connectivity index (χ0n) is 14.6. The van der Waals surface area contributed by atoms with Crippen molar-refractivity contribution >= 4 is 32.3 Å². The minimum atomic E-state index is -4.99. The highest BCUT2D eigenvalue weighted by Gasteiger charge is 2.57. The van der Waals surface area contributed by atoms with E-state index in [0.717, 1.165) is 16.0 Å². The van der Waals surface area contributed by atoms with Crippen LogP contribution in [0.4, 0.5) is 13.2 Å². The first kappa shape index (κ1) is 18.6. The van der Waals surface area contributed by atoms with Crippen molar-refractivity contribution < 1.29 is 18.3 Å². The molecule has 1 atom stereocenters. The van der Waals surface area contributed by atoms with Gasteiger partial charge in [0.2, 0.25) is 5.60 Å². The number of hydrogen-bond donors (Lipinski definition) is 1. The molecule has 4 aromatic rings. The molecule has 0 aliphatic rings. The number of benzene rings is 2. The van der Waals surface area contributed by atoms with Crippen LogP contribution in [0, 0.1) is 0 Å². The summed E-state index contributed by atoms with van der Waals surface area (Å²) in [7, 11) is 1.36. The number of aryl methyl sites for hydroxylation is 1. The molecule has 0 amide bonds. The van der Waals surface area contributed by atoms with Gasteiger partial charge in [-0.05, 0) is 18.2 Å². The van der Waals surface area contributed by atoms with Crippen molar-refractivity contribution in [3.05, 3.63) is 69.6 Å². The fourth-order valence-corrected chi connectivity index (χ4v) is 4.17. The average Bonchev–Trinajstić information content (AvgIpc) is 3.09. The Morgan fingerprint density at radius 2 is 1.71 bits per heavy atom. The van der Waals surface area contributed by atoms with Gasteiger partial charge in [0, 0.05) is 18.9 Å². The molecule has 0 aliphatic heterocycles. The summed E-state index contributed by atoms with van der Waals surface area (Å²) >= 11 is 0.786. The highest BCUT2D eigenvalue weighted by molar-refractivity contribution is 7.18. The van der Waals surface area contributed by atoms with E-state index in [4.69, 9.17) is 0 Å². The number of hydrogen-bond acceptors (Lipinski definition) is 5. The lowest BCUT2D eigenvalue weighted by atomic mass is 9.95. The number of halogens is 3. The largest absolute Gasteiger partial charge is 0.424 e. The van der Waals surface area contributed by atoms with Crippen LogP contribution in [0.1, 0.15) is 10.7 Å². The van der Waals surface area contributed by atoms with E-state index in [0.29, 0.717) is 10.2 Å². The maximum absolute atomic E-state index is 14.0. The van der Waals surface area contributed by atoms with E-state index in [2.05, 4.69) is 10.1 Å². The van der Waals surface area contributed by atoms with Crippen molar-refractivity contribution in [2.45, 2.75) is 18.2 Å². The molecular weight excluding hydrogens is 391 g/mol. The molecule has 0 saturated carbocycles. The Bertz CT molecular complexity index is 1220. The number of alkyl halides is 3. The zero-order valence-corrected chi connectivity index (χ0v) is 15.4. The van der Waals surface area contributed by atoms with Gasteiger partial charge in [0.05, 0.1) is 21.3 Å². The maximum Gasteiger partial charge on any atom is 0.424 e. The van der Waals surface area contributed by atoms with E-state index >= 15 is 0 Å². The molecule has 0 fully saturated rings. The van der Waals surface area contributed by atoms with E-state index in [9.17, 15) is 23.1 Å². The third-order valence-electron chi connectivity index (χ3n) is 4.57. The summed E-state index contributed by atoms with van der Waals surface area (Å²) in [5.41, 5.74) is -3.31. The third kappa shape index (κ3) is 2.87. The molecule has 5 nitrogen and oxygen atoms in total. The zero-order chi connectivity index (χ0) is 20.1. The number of aromatic nitrogens is 3. The quantitative estimate of drug-likeness (QED) is 0.566. The smallest absolute Gasteiger partial charge is 0.374 e. The first-order chi connectivity index (χ1) is 13.2. The molecule has 4 rings (SSSR count). The summed E-state index contributed by atoms with van der Waals surface area (Å²) in [5.74, 6) is 0. The Hall–Kier alpha value is -2.78. The van der Waals surface area contributed by atoms with Gasteiger partial charge in [-0.3, -0.25) is 4.79 Å². The van der Waals surface area contributed by atoms with Gasteiger partial charge in [-0.1, -0.05) is 30.3 Å². The summed E-state index contributed by atoms with van der Waals surface area (Å²) in [5, 5.41) is 14.8. The monoisotopic (exact) mass is 405 g/mol. The van der Waals surface area contributed by atoms with Crippen LogP contribution in [0.5, 0.6) is 0 Å². The predicted octanol–water partition coefficient (Wildman–Crippen LogP) is 3.54. The molecule has 9 heteroatoms. The van der Waals surface area contributed by atoms with E-state index in [1.165, 1.54) is 19.2 Å². The van der Waals surface area contributed by atoms with Gasteiger partial charge in [0.1, 0.15) is 5.01 Å². The van der Waals surface area contributed by atoms with Gasteiger partial charge in [0.15, 0.2) is 0 Å². The van der Waals surface area contributed by atoms with Crippen molar-refractivity contribution in [1.82, 2.24) is 14.8 Å². The molecule has 0 spiro atoms. The molecule has 2 aromatic carbocycles. The number of aliphatic hydroxyl groups is 1. The standard InChI is InChI=1S/C19H14F3N3O2S/c1-25-16(26)12-7-3-2-6-11(12)14(24-25)10-18(27,19(20,21)22)17-23-13-8-4-5-9-15(13)28-17/h2-9,27H,10H2,1H3/t18-/m0/s1. The van der Waals surface area contributed by atoms with Crippen molar-refractivity contribution in [3.8, 4) is 0 Å². The first-order valence-corrected chi connectivity index (χ1v) is 9.12. The lowest BCUT2D eigenvalue weighted by Gasteiger charge is -2.28. The molecule has 144 valence electrons. The summed E-state index contributed by atoms with van der Waals surface area (Å²) < 4.78 is 43.5. The minimum absolute atomic E-state index is 0.0308. The fourth-order valence-electron chi connectivity index (χ4n) is 3.10. The van der Waals surface area contributed by atoms with Gasteiger partial charge in [-0.15, -0.1) is 11.3 Å². The Balaban J connectivity index is 1.92. The average molecular weight is 405 g/mol. The summed E-state index contributed by atoms with van der Waals surface area (Å²) in [6.45, 7) is 0. The van der Waals surface area contributed by atoms with Crippen molar-refractivity contribution in [3.63, 3.8) is 0 Å². The Labute approximate surface area is 160 Å². The van der Waals surface area contributed by atoms with Crippen molar-refractivity contribution in [1.29, 1.82) is 0 Å². The predicted molar refractivity (Wildman–Crippen MR) is 100 cm³/mol. The molecule has 0 aliphatic carbocycles. The second-order valence-electron chi connectivity index (χ2n) is 6.44. The molecule has 0 saturated heterocycles. The van der Waals surface area contributed by atoms with E-state index in [1.807, 2.05) is 0 Å². The minimum Gasteiger partial charge on any atom is -0.374 e. The van der Waals surface area contributed by atoms with Gasteiger partial charge in [-0.2, -0.15) is 18.3 Å². The van der Waals surface area contributed by atoms with Crippen LogP contribution < -0.4 is 5.56 Å². The summed E-state index contributed by atoms with van der Waals surface area (Å²) in [6, 6.07) is 12.9. The van der Waals surface area contributed by atoms with Crippen molar-refractivity contribution in [2.24, 2.45) is 7.05 Å². The molecule has 0 unspecified atom stereocenters. The topological polar surface area (TPSA) is 68.0 Å². The number of para-hydroxylation sites is 1. The fraction of sp³-hybridized carbons (Fsp3) is 0.211. The van der Waals surface area contributed by atoms with Crippen LogP contribution in [-0.4, -0.2) is 26.0 Å². The molecular formula is C19H14F3N3O2S.